The highest BCUT2D eigenvalue weighted by atomic mass is 32.2. The molecule has 84 valence electrons. The fraction of sp³-hybridized carbons (Fsp3) is 0.0833. The maximum atomic E-state index is 11.6. The van der Waals surface area contributed by atoms with Crippen LogP contribution in [0, 0.1) is 0 Å². The van der Waals surface area contributed by atoms with E-state index in [4.69, 9.17) is 0 Å². The molecular formula is C12H9N3OS. The maximum absolute atomic E-state index is 11.6. The topological polar surface area (TPSA) is 58.1 Å². The molecule has 0 amide bonds. The maximum Gasteiger partial charge on any atom is 0.273 e. The van der Waals surface area contributed by atoms with Gasteiger partial charge in [0.1, 0.15) is 0 Å². The Hall–Kier alpha value is -1.88. The van der Waals surface area contributed by atoms with E-state index in [1.54, 1.807) is 12.3 Å². The molecule has 1 aliphatic rings. The molecule has 4 nitrogen and oxygen atoms in total. The Morgan fingerprint density at radius 1 is 1.24 bits per heavy atom. The van der Waals surface area contributed by atoms with Crippen LogP contribution in [0.2, 0.25) is 0 Å². The van der Waals surface area contributed by atoms with Gasteiger partial charge in [0.25, 0.3) is 5.56 Å². The van der Waals surface area contributed by atoms with Crippen molar-refractivity contribution in [3.8, 4) is 0 Å². The van der Waals surface area contributed by atoms with Crippen molar-refractivity contribution >= 4 is 17.7 Å². The summed E-state index contributed by atoms with van der Waals surface area (Å²) in [5, 5.41) is 6.11. The normalized spacial score (nSPS) is 14.0. The summed E-state index contributed by atoms with van der Waals surface area (Å²) in [7, 11) is 0. The Morgan fingerprint density at radius 2 is 2.12 bits per heavy atom. The average Bonchev–Trinajstić information content (AvgIpc) is 2.39. The van der Waals surface area contributed by atoms with Crippen LogP contribution >= 0.6 is 11.9 Å². The highest BCUT2D eigenvalue weighted by molar-refractivity contribution is 7.98. The zero-order valence-electron chi connectivity index (χ0n) is 8.88. The van der Waals surface area contributed by atoms with Gasteiger partial charge in [-0.25, -0.2) is 9.50 Å². The van der Waals surface area contributed by atoms with E-state index in [0.29, 0.717) is 12.0 Å². The number of benzene rings is 1. The Balaban J connectivity index is 2.02. The predicted octanol–water partition coefficient (Wildman–Crippen LogP) is 1.82. The van der Waals surface area contributed by atoms with Crippen molar-refractivity contribution in [2.24, 2.45) is 4.40 Å². The van der Waals surface area contributed by atoms with E-state index >= 15 is 0 Å². The number of aromatic nitrogens is 2. The first-order chi connectivity index (χ1) is 8.34. The van der Waals surface area contributed by atoms with Crippen molar-refractivity contribution in [2.75, 3.05) is 0 Å². The summed E-state index contributed by atoms with van der Waals surface area (Å²) in [4.78, 5) is 12.8. The molecule has 0 spiro atoms. The number of nitrogens with one attached hydrogen (secondary N) is 1. The minimum atomic E-state index is -0.189. The molecule has 0 bridgehead atoms. The van der Waals surface area contributed by atoms with E-state index in [1.807, 2.05) is 18.2 Å². The van der Waals surface area contributed by atoms with Gasteiger partial charge in [0.05, 0.1) is 11.3 Å². The molecule has 3 rings (SSSR count). The average molecular weight is 243 g/mol. The van der Waals surface area contributed by atoms with E-state index in [1.165, 1.54) is 17.5 Å². The number of fused-ring (bicyclic) bond motifs is 1. The molecule has 0 saturated carbocycles. The molecule has 0 unspecified atom stereocenters. The number of aromatic amines is 1. The lowest BCUT2D eigenvalue weighted by Crippen LogP contribution is -2.21. The fourth-order valence-electron chi connectivity index (χ4n) is 1.77. The van der Waals surface area contributed by atoms with E-state index in [-0.39, 0.29) is 5.56 Å². The highest BCUT2D eigenvalue weighted by Crippen LogP contribution is 2.29. The molecule has 1 N–H and O–H groups in total. The summed E-state index contributed by atoms with van der Waals surface area (Å²) in [5.41, 5.74) is 2.42. The molecule has 2 heterocycles. The van der Waals surface area contributed by atoms with Gasteiger partial charge >= 0.3 is 0 Å². The van der Waals surface area contributed by atoms with Crippen molar-refractivity contribution < 1.29 is 0 Å². The van der Waals surface area contributed by atoms with Crippen molar-refractivity contribution in [2.45, 2.75) is 11.3 Å². The van der Waals surface area contributed by atoms with Crippen LogP contribution in [-0.4, -0.2) is 15.9 Å². The molecule has 0 aliphatic carbocycles. The van der Waals surface area contributed by atoms with E-state index in [2.05, 4.69) is 20.7 Å². The van der Waals surface area contributed by atoms with Crippen LogP contribution in [0.25, 0.3) is 0 Å². The SMILES string of the molecule is O=c1[nH]nccc1C1=NSc2ccccc2C1. The van der Waals surface area contributed by atoms with Crippen LogP contribution in [0.5, 0.6) is 0 Å². The van der Waals surface area contributed by atoms with Gasteiger partial charge in [0.15, 0.2) is 0 Å². The van der Waals surface area contributed by atoms with Crippen molar-refractivity contribution in [3.63, 3.8) is 0 Å². The minimum Gasteiger partial charge on any atom is -0.267 e. The zero-order valence-corrected chi connectivity index (χ0v) is 9.70. The highest BCUT2D eigenvalue weighted by Gasteiger charge is 2.16. The molecule has 2 aromatic rings. The third-order valence-electron chi connectivity index (χ3n) is 2.62. The van der Waals surface area contributed by atoms with E-state index in [9.17, 15) is 4.79 Å². The van der Waals surface area contributed by atoms with Gasteiger partial charge in [-0.3, -0.25) is 4.79 Å². The molecule has 0 saturated heterocycles. The van der Waals surface area contributed by atoms with E-state index in [0.717, 1.165) is 10.6 Å². The van der Waals surface area contributed by atoms with Gasteiger partial charge in [-0.2, -0.15) is 5.10 Å². The first-order valence-electron chi connectivity index (χ1n) is 5.20. The molecular weight excluding hydrogens is 234 g/mol. The summed E-state index contributed by atoms with van der Waals surface area (Å²) < 4.78 is 4.39. The quantitative estimate of drug-likeness (QED) is 0.777. The van der Waals surface area contributed by atoms with Gasteiger partial charge in [-0.1, -0.05) is 18.2 Å². The van der Waals surface area contributed by atoms with Crippen LogP contribution < -0.4 is 5.56 Å². The summed E-state index contributed by atoms with van der Waals surface area (Å²) in [6.07, 6.45) is 2.26. The lowest BCUT2D eigenvalue weighted by Gasteiger charge is -2.14. The summed E-state index contributed by atoms with van der Waals surface area (Å²) in [6, 6.07) is 9.79. The summed E-state index contributed by atoms with van der Waals surface area (Å²) in [5.74, 6) is 0. The van der Waals surface area contributed by atoms with Crippen LogP contribution in [-0.2, 0) is 6.42 Å². The molecule has 5 heteroatoms. The summed E-state index contributed by atoms with van der Waals surface area (Å²) >= 11 is 1.42. The van der Waals surface area contributed by atoms with Crippen molar-refractivity contribution in [1.82, 2.24) is 10.2 Å². The Morgan fingerprint density at radius 3 is 3.00 bits per heavy atom. The van der Waals surface area contributed by atoms with Crippen molar-refractivity contribution in [1.29, 1.82) is 0 Å². The molecule has 0 radical (unpaired) electrons. The second-order valence-corrected chi connectivity index (χ2v) is 4.52. The largest absolute Gasteiger partial charge is 0.273 e. The number of H-pyrrole nitrogens is 1. The molecule has 17 heavy (non-hydrogen) atoms. The second kappa shape index (κ2) is 4.18. The lowest BCUT2D eigenvalue weighted by molar-refractivity contribution is 0.980. The first kappa shape index (κ1) is 10.3. The molecule has 0 atom stereocenters. The van der Waals surface area contributed by atoms with Crippen LogP contribution in [0.4, 0.5) is 0 Å². The van der Waals surface area contributed by atoms with Gasteiger partial charge in [0.2, 0.25) is 0 Å². The first-order valence-corrected chi connectivity index (χ1v) is 5.98. The molecule has 0 fully saturated rings. The van der Waals surface area contributed by atoms with Gasteiger partial charge in [-0.15, -0.1) is 0 Å². The Kier molecular flexibility index (Phi) is 2.53. The van der Waals surface area contributed by atoms with Gasteiger partial charge < -0.3 is 0 Å². The standard InChI is InChI=1S/C12H9N3OS/c16-12-9(5-6-13-14-12)10-7-8-3-1-2-4-11(8)17-15-10/h1-6H,7H2,(H,14,16). The molecule has 1 aromatic heterocycles. The van der Waals surface area contributed by atoms with Crippen LogP contribution in [0.1, 0.15) is 11.1 Å². The third kappa shape index (κ3) is 1.89. The predicted molar refractivity (Wildman–Crippen MR) is 67.4 cm³/mol. The van der Waals surface area contributed by atoms with Crippen LogP contribution in [0.3, 0.4) is 0 Å². The Bertz CT molecular complexity index is 648. The molecule has 1 aliphatic heterocycles. The number of hydrogen-bond donors (Lipinski definition) is 1. The zero-order chi connectivity index (χ0) is 11.7. The third-order valence-corrected chi connectivity index (χ3v) is 3.53. The molecule has 1 aromatic carbocycles. The van der Waals surface area contributed by atoms with Crippen LogP contribution in [0.15, 0.2) is 50.6 Å². The number of nitrogens with zero attached hydrogens (tertiary/aromatic N) is 2. The fourth-order valence-corrected chi connectivity index (χ4v) is 2.54. The summed E-state index contributed by atoms with van der Waals surface area (Å²) in [6.45, 7) is 0. The smallest absolute Gasteiger partial charge is 0.267 e. The number of hydrogen-bond acceptors (Lipinski definition) is 4. The second-order valence-electron chi connectivity index (χ2n) is 3.71. The number of rotatable bonds is 1. The van der Waals surface area contributed by atoms with E-state index < -0.39 is 0 Å². The van der Waals surface area contributed by atoms with Crippen molar-refractivity contribution in [3.05, 3.63) is 58.0 Å². The monoisotopic (exact) mass is 243 g/mol. The van der Waals surface area contributed by atoms with Gasteiger partial charge in [-0.05, 0) is 17.7 Å². The Labute approximate surface area is 102 Å². The van der Waals surface area contributed by atoms with Gasteiger partial charge in [0, 0.05) is 29.5 Å². The lowest BCUT2D eigenvalue weighted by atomic mass is 10.0. The minimum absolute atomic E-state index is 0.189.